The lowest BCUT2D eigenvalue weighted by Crippen LogP contribution is -2.22. The molecule has 3 N–H and O–H groups in total. The highest BCUT2D eigenvalue weighted by molar-refractivity contribution is 7.11. The van der Waals surface area contributed by atoms with Crippen LogP contribution in [0, 0.1) is 5.92 Å². The van der Waals surface area contributed by atoms with Gasteiger partial charge in [0.25, 0.3) is 0 Å². The van der Waals surface area contributed by atoms with Crippen LogP contribution in [-0.4, -0.2) is 23.0 Å². The van der Waals surface area contributed by atoms with Gasteiger partial charge in [-0.3, -0.25) is 0 Å². The van der Waals surface area contributed by atoms with Crippen LogP contribution in [0.2, 0.25) is 0 Å². The van der Waals surface area contributed by atoms with Gasteiger partial charge in [-0.25, -0.2) is 4.79 Å². The van der Waals surface area contributed by atoms with Crippen molar-refractivity contribution in [2.45, 2.75) is 39.2 Å². The van der Waals surface area contributed by atoms with E-state index in [9.17, 15) is 4.79 Å². The van der Waals surface area contributed by atoms with Crippen molar-refractivity contribution < 1.29 is 9.53 Å². The highest BCUT2D eigenvalue weighted by Crippen LogP contribution is 2.33. The van der Waals surface area contributed by atoms with Gasteiger partial charge in [-0.1, -0.05) is 13.3 Å². The molecule has 6 heteroatoms. The van der Waals surface area contributed by atoms with Gasteiger partial charge in [0.2, 0.25) is 0 Å². The Labute approximate surface area is 111 Å². The molecule has 0 radical (unpaired) electrons. The second-order valence-electron chi connectivity index (χ2n) is 4.65. The van der Waals surface area contributed by atoms with Gasteiger partial charge < -0.3 is 15.8 Å². The Balaban J connectivity index is 2.15. The third-order valence-electron chi connectivity index (χ3n) is 3.38. The molecule has 100 valence electrons. The van der Waals surface area contributed by atoms with Crippen molar-refractivity contribution in [1.82, 2.24) is 4.37 Å². The van der Waals surface area contributed by atoms with Crippen LogP contribution in [0.4, 0.5) is 10.8 Å². The molecule has 1 heterocycles. The Morgan fingerprint density at radius 1 is 1.61 bits per heavy atom. The molecule has 0 amide bonds. The summed E-state index contributed by atoms with van der Waals surface area (Å²) in [5, 5.41) is 4.14. The molecule has 2 rings (SSSR count). The zero-order valence-corrected chi connectivity index (χ0v) is 11.5. The standard InChI is InChI=1S/C12H19N3O2S/c1-3-17-12(16)9-10(13)15-18-11(9)14-8-6-4-5-7(8)2/h7-8,14H,3-6H2,1-2H3,(H2,13,15). The zero-order chi connectivity index (χ0) is 13.1. The number of hydrogen-bond acceptors (Lipinski definition) is 6. The van der Waals surface area contributed by atoms with Crippen LogP contribution < -0.4 is 11.1 Å². The van der Waals surface area contributed by atoms with Crippen molar-refractivity contribution in [3.63, 3.8) is 0 Å². The quantitative estimate of drug-likeness (QED) is 0.821. The first kappa shape index (κ1) is 13.1. The van der Waals surface area contributed by atoms with Crippen LogP contribution in [0.15, 0.2) is 0 Å². The largest absolute Gasteiger partial charge is 0.462 e. The molecule has 0 spiro atoms. The Morgan fingerprint density at radius 3 is 3.00 bits per heavy atom. The molecule has 2 unspecified atom stereocenters. The lowest BCUT2D eigenvalue weighted by Gasteiger charge is -2.17. The van der Waals surface area contributed by atoms with E-state index in [4.69, 9.17) is 10.5 Å². The molecule has 18 heavy (non-hydrogen) atoms. The van der Waals surface area contributed by atoms with Crippen LogP contribution in [0.25, 0.3) is 0 Å². The van der Waals surface area contributed by atoms with Crippen molar-refractivity contribution in [3.8, 4) is 0 Å². The zero-order valence-electron chi connectivity index (χ0n) is 10.7. The van der Waals surface area contributed by atoms with E-state index >= 15 is 0 Å². The van der Waals surface area contributed by atoms with Crippen LogP contribution in [0.5, 0.6) is 0 Å². The van der Waals surface area contributed by atoms with E-state index in [1.54, 1.807) is 6.92 Å². The molecule has 1 fully saturated rings. The molecular weight excluding hydrogens is 250 g/mol. The van der Waals surface area contributed by atoms with Gasteiger partial charge >= 0.3 is 5.97 Å². The summed E-state index contributed by atoms with van der Waals surface area (Å²) in [6.45, 7) is 4.34. The number of carbonyl (C=O) groups excluding carboxylic acids is 1. The maximum atomic E-state index is 11.8. The predicted octanol–water partition coefficient (Wildman–Crippen LogP) is 2.50. The van der Waals surface area contributed by atoms with E-state index in [-0.39, 0.29) is 5.82 Å². The molecule has 5 nitrogen and oxygen atoms in total. The smallest absolute Gasteiger partial charge is 0.344 e. The number of nitrogens with two attached hydrogens (primary N) is 1. The number of nitrogen functional groups attached to an aromatic ring is 1. The number of ether oxygens (including phenoxy) is 1. The predicted molar refractivity (Wildman–Crippen MR) is 72.9 cm³/mol. The SMILES string of the molecule is CCOC(=O)c1c(N)nsc1NC1CCCC1C. The summed E-state index contributed by atoms with van der Waals surface area (Å²) in [6, 6.07) is 0.401. The number of anilines is 2. The van der Waals surface area contributed by atoms with Crippen molar-refractivity contribution in [3.05, 3.63) is 5.56 Å². The van der Waals surface area contributed by atoms with Crippen molar-refractivity contribution in [1.29, 1.82) is 0 Å². The highest BCUT2D eigenvalue weighted by Gasteiger charge is 2.27. The third-order valence-corrected chi connectivity index (χ3v) is 4.17. The summed E-state index contributed by atoms with van der Waals surface area (Å²) in [4.78, 5) is 11.8. The lowest BCUT2D eigenvalue weighted by molar-refractivity contribution is 0.0529. The van der Waals surface area contributed by atoms with Gasteiger partial charge in [-0.15, -0.1) is 0 Å². The van der Waals surface area contributed by atoms with Gasteiger partial charge in [-0.05, 0) is 37.2 Å². The van der Waals surface area contributed by atoms with Crippen molar-refractivity contribution >= 4 is 28.3 Å². The topological polar surface area (TPSA) is 77.2 Å². The Bertz CT molecular complexity index is 433. The Morgan fingerprint density at radius 2 is 2.39 bits per heavy atom. The highest BCUT2D eigenvalue weighted by atomic mass is 32.1. The lowest BCUT2D eigenvalue weighted by atomic mass is 10.1. The molecule has 0 saturated heterocycles. The Hall–Kier alpha value is -1.30. The molecule has 1 aromatic rings. The third kappa shape index (κ3) is 2.58. The first-order valence-corrected chi connectivity index (χ1v) is 7.09. The molecular formula is C12H19N3O2S. The van der Waals surface area contributed by atoms with E-state index in [1.165, 1.54) is 24.4 Å². The molecule has 1 aliphatic carbocycles. The molecule has 0 bridgehead atoms. The van der Waals surface area contributed by atoms with E-state index in [2.05, 4.69) is 16.6 Å². The van der Waals surface area contributed by atoms with E-state index < -0.39 is 5.97 Å². The number of carbonyl (C=O) groups is 1. The monoisotopic (exact) mass is 269 g/mol. The average Bonchev–Trinajstić information content (AvgIpc) is 2.88. The summed E-state index contributed by atoms with van der Waals surface area (Å²) < 4.78 is 9.05. The molecule has 1 aliphatic rings. The normalized spacial score (nSPS) is 23.0. The average molecular weight is 269 g/mol. The second-order valence-corrected chi connectivity index (χ2v) is 5.42. The molecule has 1 aromatic heterocycles. The number of nitrogens with zero attached hydrogens (tertiary/aromatic N) is 1. The van der Waals surface area contributed by atoms with Gasteiger partial charge in [0.1, 0.15) is 10.6 Å². The molecule has 2 atom stereocenters. The minimum atomic E-state index is -0.392. The van der Waals surface area contributed by atoms with Crippen molar-refractivity contribution in [2.75, 3.05) is 17.7 Å². The fourth-order valence-electron chi connectivity index (χ4n) is 2.33. The second kappa shape index (κ2) is 5.56. The minimum Gasteiger partial charge on any atom is -0.462 e. The number of esters is 1. The summed E-state index contributed by atoms with van der Waals surface area (Å²) in [6.07, 6.45) is 3.57. The van der Waals surface area contributed by atoms with Gasteiger partial charge in [-0.2, -0.15) is 4.37 Å². The van der Waals surface area contributed by atoms with E-state index in [0.717, 1.165) is 11.4 Å². The maximum Gasteiger partial charge on any atom is 0.344 e. The first-order valence-electron chi connectivity index (χ1n) is 6.32. The molecule has 1 saturated carbocycles. The van der Waals surface area contributed by atoms with Crippen molar-refractivity contribution in [2.24, 2.45) is 5.92 Å². The van der Waals surface area contributed by atoms with Crippen LogP contribution in [0.1, 0.15) is 43.5 Å². The van der Waals surface area contributed by atoms with Crippen LogP contribution in [0.3, 0.4) is 0 Å². The molecule has 0 aromatic carbocycles. The van der Waals surface area contributed by atoms with Gasteiger partial charge in [0.15, 0.2) is 5.82 Å². The van der Waals surface area contributed by atoms with Crippen LogP contribution in [-0.2, 0) is 4.74 Å². The van der Waals surface area contributed by atoms with E-state index in [1.807, 2.05) is 0 Å². The number of rotatable bonds is 4. The maximum absolute atomic E-state index is 11.8. The Kier molecular flexibility index (Phi) is 4.06. The fourth-order valence-corrected chi connectivity index (χ4v) is 3.09. The van der Waals surface area contributed by atoms with Crippen LogP contribution >= 0.6 is 11.5 Å². The summed E-state index contributed by atoms with van der Waals surface area (Å²) in [5.74, 6) is 0.479. The number of aromatic nitrogens is 1. The summed E-state index contributed by atoms with van der Waals surface area (Å²) in [5.41, 5.74) is 6.13. The van der Waals surface area contributed by atoms with Gasteiger partial charge in [0.05, 0.1) is 6.61 Å². The minimum absolute atomic E-state index is 0.256. The van der Waals surface area contributed by atoms with E-state index in [0.29, 0.717) is 24.1 Å². The number of hydrogen-bond donors (Lipinski definition) is 2. The summed E-state index contributed by atoms with van der Waals surface area (Å²) in [7, 11) is 0. The van der Waals surface area contributed by atoms with Gasteiger partial charge in [0, 0.05) is 6.04 Å². The number of nitrogens with one attached hydrogen (secondary N) is 1. The first-order chi connectivity index (χ1) is 8.63. The fraction of sp³-hybridized carbons (Fsp3) is 0.667. The molecule has 0 aliphatic heterocycles. The summed E-state index contributed by atoms with van der Waals surface area (Å²) >= 11 is 1.23.